The maximum Gasteiger partial charge on any atom is 0.161 e. The van der Waals surface area contributed by atoms with Gasteiger partial charge in [-0.05, 0) is 65.7 Å². The Balaban J connectivity index is 1.70. The molecule has 2 aliphatic rings. The van der Waals surface area contributed by atoms with E-state index in [1.54, 1.807) is 35.5 Å². The average molecular weight is 461 g/mol. The second kappa shape index (κ2) is 8.95. The molecule has 5 rings (SSSR count). The van der Waals surface area contributed by atoms with Crippen molar-refractivity contribution in [3.05, 3.63) is 82.5 Å². The average Bonchev–Trinajstić information content (AvgIpc) is 2.90. The van der Waals surface area contributed by atoms with Crippen LogP contribution in [0, 0.1) is 0 Å². The summed E-state index contributed by atoms with van der Waals surface area (Å²) in [6.07, 6.45) is 5.32. The van der Waals surface area contributed by atoms with Gasteiger partial charge >= 0.3 is 0 Å². The smallest absolute Gasteiger partial charge is 0.161 e. The van der Waals surface area contributed by atoms with Gasteiger partial charge in [0.2, 0.25) is 0 Å². The van der Waals surface area contributed by atoms with Crippen molar-refractivity contribution in [2.75, 3.05) is 35.5 Å². The van der Waals surface area contributed by atoms with Crippen molar-refractivity contribution in [1.82, 2.24) is 0 Å². The minimum absolute atomic E-state index is 0.0805. The third kappa shape index (κ3) is 3.55. The number of fused-ring (bicyclic) bond motifs is 4. The van der Waals surface area contributed by atoms with Crippen LogP contribution in [-0.2, 0) is 6.42 Å². The van der Waals surface area contributed by atoms with Gasteiger partial charge in [-0.15, -0.1) is 0 Å². The molecule has 3 atom stereocenters. The fourth-order valence-corrected chi connectivity index (χ4v) is 5.31. The summed E-state index contributed by atoms with van der Waals surface area (Å²) in [4.78, 5) is 1.35. The number of nitrogens with one attached hydrogen (secondary N) is 1. The van der Waals surface area contributed by atoms with Gasteiger partial charge in [0.15, 0.2) is 23.0 Å². The second-order valence-corrected chi connectivity index (χ2v) is 8.54. The SMILES string of the molecule is COc1ccc(C2c3cc(OC)c(OC)cc3CC3c4cc(OC)c(OC)cc4C=C[NH+]32)cc1. The van der Waals surface area contributed by atoms with Gasteiger partial charge in [0, 0.05) is 23.1 Å². The van der Waals surface area contributed by atoms with Gasteiger partial charge in [-0.3, -0.25) is 4.90 Å². The van der Waals surface area contributed by atoms with Crippen molar-refractivity contribution in [2.24, 2.45) is 0 Å². The lowest BCUT2D eigenvalue weighted by atomic mass is 9.80. The van der Waals surface area contributed by atoms with E-state index in [1.165, 1.54) is 27.2 Å². The number of quaternary nitrogens is 1. The molecule has 6 heteroatoms. The standard InChI is InChI=1S/C28H29NO5/c1-30-20-8-6-17(7-9-20)28-22-16-27(34-5)25(32-3)14-19(22)12-23-21-15-26(33-4)24(31-2)13-18(21)10-11-29(23)28/h6-11,13-16,23,28H,12H2,1-5H3/p+1. The summed E-state index contributed by atoms with van der Waals surface area (Å²) in [5, 5.41) is 0. The van der Waals surface area contributed by atoms with Crippen molar-refractivity contribution in [3.63, 3.8) is 0 Å². The quantitative estimate of drug-likeness (QED) is 0.603. The number of rotatable bonds is 6. The van der Waals surface area contributed by atoms with Gasteiger partial charge in [0.25, 0.3) is 0 Å². The first-order valence-electron chi connectivity index (χ1n) is 11.3. The number of hydrogen-bond acceptors (Lipinski definition) is 5. The lowest BCUT2D eigenvalue weighted by Crippen LogP contribution is -3.10. The third-order valence-electron chi connectivity index (χ3n) is 6.99. The molecule has 3 aromatic carbocycles. The Labute approximate surface area is 200 Å². The van der Waals surface area contributed by atoms with Gasteiger partial charge in [-0.25, -0.2) is 0 Å². The van der Waals surface area contributed by atoms with E-state index in [4.69, 9.17) is 23.7 Å². The maximum absolute atomic E-state index is 5.67. The first-order chi connectivity index (χ1) is 16.6. The summed E-state index contributed by atoms with van der Waals surface area (Å²) in [6, 6.07) is 17.1. The van der Waals surface area contributed by atoms with E-state index in [2.05, 4.69) is 48.7 Å². The fraction of sp³-hybridized carbons (Fsp3) is 0.286. The zero-order valence-corrected chi connectivity index (χ0v) is 20.2. The van der Waals surface area contributed by atoms with Crippen LogP contribution < -0.4 is 28.6 Å². The summed E-state index contributed by atoms with van der Waals surface area (Å²) in [7, 11) is 8.41. The van der Waals surface area contributed by atoms with E-state index < -0.39 is 0 Å². The zero-order valence-electron chi connectivity index (χ0n) is 20.2. The molecule has 2 aliphatic heterocycles. The third-order valence-corrected chi connectivity index (χ3v) is 6.99. The van der Waals surface area contributed by atoms with Gasteiger partial charge in [-0.1, -0.05) is 0 Å². The van der Waals surface area contributed by atoms with Crippen LogP contribution in [0.1, 0.15) is 39.9 Å². The van der Waals surface area contributed by atoms with Gasteiger partial charge < -0.3 is 23.7 Å². The molecule has 0 saturated heterocycles. The topological polar surface area (TPSA) is 50.6 Å². The molecule has 0 aromatic heterocycles. The van der Waals surface area contributed by atoms with Crippen LogP contribution in [0.25, 0.3) is 6.08 Å². The molecule has 34 heavy (non-hydrogen) atoms. The molecule has 176 valence electrons. The molecule has 3 aromatic rings. The van der Waals surface area contributed by atoms with Crippen LogP contribution in [0.15, 0.2) is 54.7 Å². The minimum Gasteiger partial charge on any atom is -0.497 e. The summed E-state index contributed by atoms with van der Waals surface area (Å²) >= 11 is 0. The maximum atomic E-state index is 5.67. The molecule has 6 nitrogen and oxygen atoms in total. The molecule has 0 aliphatic carbocycles. The van der Waals surface area contributed by atoms with E-state index in [1.807, 2.05) is 12.1 Å². The van der Waals surface area contributed by atoms with Crippen molar-refractivity contribution in [3.8, 4) is 28.7 Å². The highest BCUT2D eigenvalue weighted by Crippen LogP contribution is 2.42. The van der Waals surface area contributed by atoms with E-state index in [9.17, 15) is 0 Å². The zero-order chi connectivity index (χ0) is 23.8. The van der Waals surface area contributed by atoms with Crippen LogP contribution in [-0.4, -0.2) is 35.5 Å². The van der Waals surface area contributed by atoms with Crippen molar-refractivity contribution >= 4 is 6.08 Å². The van der Waals surface area contributed by atoms with Gasteiger partial charge in [0.1, 0.15) is 17.8 Å². The first-order valence-corrected chi connectivity index (χ1v) is 11.3. The van der Waals surface area contributed by atoms with Crippen molar-refractivity contribution < 1.29 is 28.6 Å². The molecule has 0 fully saturated rings. The number of methoxy groups -OCH3 is 5. The molecule has 0 spiro atoms. The Morgan fingerprint density at radius 2 is 1.26 bits per heavy atom. The fourth-order valence-electron chi connectivity index (χ4n) is 5.31. The van der Waals surface area contributed by atoms with Gasteiger partial charge in [0.05, 0.1) is 41.7 Å². The highest BCUT2D eigenvalue weighted by Gasteiger charge is 2.42. The summed E-state index contributed by atoms with van der Waals surface area (Å²) < 4.78 is 27.9. The predicted molar refractivity (Wildman–Crippen MR) is 130 cm³/mol. The molecule has 2 heterocycles. The summed E-state index contributed by atoms with van der Waals surface area (Å²) in [5.74, 6) is 3.82. The van der Waals surface area contributed by atoms with E-state index in [0.29, 0.717) is 0 Å². The molecule has 3 unspecified atom stereocenters. The Hall–Kier alpha value is -3.64. The number of hydrogen-bond donors (Lipinski definition) is 1. The van der Waals surface area contributed by atoms with Crippen molar-refractivity contribution in [2.45, 2.75) is 18.5 Å². The molecular formula is C28H30NO5+. The lowest BCUT2D eigenvalue weighted by molar-refractivity contribution is -0.909. The normalized spacial score (nSPS) is 20.0. The van der Waals surface area contributed by atoms with Crippen LogP contribution in [0.4, 0.5) is 0 Å². The van der Waals surface area contributed by atoms with E-state index in [0.717, 1.165) is 40.7 Å². The highest BCUT2D eigenvalue weighted by molar-refractivity contribution is 5.62. The summed E-state index contributed by atoms with van der Waals surface area (Å²) in [5.41, 5.74) is 6.10. The van der Waals surface area contributed by atoms with Gasteiger partial charge in [-0.2, -0.15) is 0 Å². The molecule has 1 N–H and O–H groups in total. The monoisotopic (exact) mass is 460 g/mol. The second-order valence-electron chi connectivity index (χ2n) is 8.54. The van der Waals surface area contributed by atoms with Crippen LogP contribution >= 0.6 is 0 Å². The number of benzene rings is 3. The largest absolute Gasteiger partial charge is 0.497 e. The van der Waals surface area contributed by atoms with Crippen molar-refractivity contribution in [1.29, 1.82) is 0 Å². The van der Waals surface area contributed by atoms with Crippen LogP contribution in [0.5, 0.6) is 28.7 Å². The van der Waals surface area contributed by atoms with E-state index >= 15 is 0 Å². The lowest BCUT2D eigenvalue weighted by Gasteiger charge is -2.41. The molecule has 0 bridgehead atoms. The Kier molecular flexibility index (Phi) is 5.84. The minimum atomic E-state index is 0.0805. The first kappa shape index (κ1) is 22.2. The van der Waals surface area contributed by atoms with E-state index in [-0.39, 0.29) is 12.1 Å². The highest BCUT2D eigenvalue weighted by atomic mass is 16.5. The van der Waals surface area contributed by atoms with Crippen LogP contribution in [0.2, 0.25) is 0 Å². The number of ether oxygens (including phenoxy) is 5. The van der Waals surface area contributed by atoms with Crippen LogP contribution in [0.3, 0.4) is 0 Å². The predicted octanol–water partition coefficient (Wildman–Crippen LogP) is 3.99. The molecular weight excluding hydrogens is 430 g/mol. The molecule has 0 amide bonds. The Bertz CT molecular complexity index is 1230. The Morgan fingerprint density at radius 1 is 0.676 bits per heavy atom. The molecule has 0 radical (unpaired) electrons. The Morgan fingerprint density at radius 3 is 1.88 bits per heavy atom. The molecule has 0 saturated carbocycles. The summed E-state index contributed by atoms with van der Waals surface area (Å²) in [6.45, 7) is 0.